The van der Waals surface area contributed by atoms with E-state index in [1.807, 2.05) is 19.2 Å². The fraction of sp³-hybridized carbons (Fsp3) is 0.333. The van der Waals surface area contributed by atoms with Gasteiger partial charge in [0, 0.05) is 12.4 Å². The minimum absolute atomic E-state index is 0.197. The van der Waals surface area contributed by atoms with E-state index >= 15 is 0 Å². The average molecular weight is 274 g/mol. The van der Waals surface area contributed by atoms with Gasteiger partial charge in [0.25, 0.3) is 0 Å². The lowest BCUT2D eigenvalue weighted by Crippen LogP contribution is -2.21. The van der Waals surface area contributed by atoms with Crippen LogP contribution in [0.5, 0.6) is 0 Å². The molecule has 0 bridgehead atoms. The molecule has 0 aliphatic rings. The van der Waals surface area contributed by atoms with Crippen LogP contribution >= 0.6 is 0 Å². The van der Waals surface area contributed by atoms with Gasteiger partial charge in [-0.1, -0.05) is 5.16 Å². The highest BCUT2D eigenvalue weighted by atomic mass is 16.5. The zero-order chi connectivity index (χ0) is 14.3. The number of nitrogens with one attached hydrogen (secondary N) is 1. The van der Waals surface area contributed by atoms with Crippen molar-refractivity contribution in [1.29, 1.82) is 0 Å². The average Bonchev–Trinajstić information content (AvgIpc) is 3.12. The predicted octanol–water partition coefficient (Wildman–Crippen LogP) is 0.971. The number of rotatable bonds is 3. The van der Waals surface area contributed by atoms with Crippen LogP contribution in [0.15, 0.2) is 27.8 Å². The molecule has 3 heterocycles. The molecule has 0 aromatic carbocycles. The minimum atomic E-state index is -0.326. The standard InChI is InChI=1S/C12H14N6O2/c1-7-10(9(3)20-16-7)18-11(14-15-12(18)19)8(2)17-6-4-5-13-17/h4-6,8H,1-3H3,(H,15,19). The molecule has 0 amide bonds. The van der Waals surface area contributed by atoms with Crippen molar-refractivity contribution in [1.82, 2.24) is 29.7 Å². The van der Waals surface area contributed by atoms with Gasteiger partial charge in [0.2, 0.25) is 0 Å². The zero-order valence-corrected chi connectivity index (χ0v) is 11.4. The number of nitrogens with zero attached hydrogens (tertiary/aromatic N) is 5. The van der Waals surface area contributed by atoms with Gasteiger partial charge in [-0.25, -0.2) is 14.5 Å². The summed E-state index contributed by atoms with van der Waals surface area (Å²) in [6.07, 6.45) is 3.50. The molecule has 3 aromatic rings. The summed E-state index contributed by atoms with van der Waals surface area (Å²) in [6.45, 7) is 5.46. The van der Waals surface area contributed by atoms with Gasteiger partial charge in [-0.3, -0.25) is 4.68 Å². The molecule has 0 aliphatic heterocycles. The number of aryl methyl sites for hydroxylation is 2. The van der Waals surface area contributed by atoms with E-state index in [0.717, 1.165) is 0 Å². The monoisotopic (exact) mass is 274 g/mol. The number of H-pyrrole nitrogens is 1. The maximum atomic E-state index is 12.1. The Kier molecular flexibility index (Phi) is 2.78. The number of hydrogen-bond acceptors (Lipinski definition) is 5. The first kappa shape index (κ1) is 12.4. The summed E-state index contributed by atoms with van der Waals surface area (Å²) >= 11 is 0. The van der Waals surface area contributed by atoms with E-state index in [9.17, 15) is 4.79 Å². The Morgan fingerprint density at radius 1 is 1.40 bits per heavy atom. The first-order valence-electron chi connectivity index (χ1n) is 6.19. The normalized spacial score (nSPS) is 12.8. The molecule has 3 rings (SSSR count). The second-order valence-corrected chi connectivity index (χ2v) is 4.56. The van der Waals surface area contributed by atoms with Gasteiger partial charge in [-0.15, -0.1) is 0 Å². The molecule has 3 aromatic heterocycles. The highest BCUT2D eigenvalue weighted by molar-refractivity contribution is 5.39. The molecule has 0 saturated carbocycles. The van der Waals surface area contributed by atoms with Crippen molar-refractivity contribution < 1.29 is 4.52 Å². The third kappa shape index (κ3) is 1.77. The summed E-state index contributed by atoms with van der Waals surface area (Å²) < 4.78 is 8.33. The van der Waals surface area contributed by atoms with Gasteiger partial charge in [-0.2, -0.15) is 10.2 Å². The SMILES string of the molecule is Cc1noc(C)c1-n1c(C(C)n2cccn2)n[nH]c1=O. The van der Waals surface area contributed by atoms with Crippen molar-refractivity contribution in [2.45, 2.75) is 26.8 Å². The van der Waals surface area contributed by atoms with Gasteiger partial charge in [-0.05, 0) is 26.8 Å². The van der Waals surface area contributed by atoms with Crippen LogP contribution in [-0.4, -0.2) is 29.7 Å². The molecular formula is C12H14N6O2. The fourth-order valence-corrected chi connectivity index (χ4v) is 2.23. The fourth-order valence-electron chi connectivity index (χ4n) is 2.23. The Morgan fingerprint density at radius 3 is 2.80 bits per heavy atom. The molecule has 8 heteroatoms. The van der Waals surface area contributed by atoms with Gasteiger partial charge in [0.1, 0.15) is 17.4 Å². The Bertz CT molecular complexity index is 760. The minimum Gasteiger partial charge on any atom is -0.359 e. The molecular weight excluding hydrogens is 260 g/mol. The van der Waals surface area contributed by atoms with Crippen molar-refractivity contribution in [3.63, 3.8) is 0 Å². The highest BCUT2D eigenvalue weighted by Gasteiger charge is 2.23. The van der Waals surface area contributed by atoms with E-state index in [1.54, 1.807) is 24.7 Å². The zero-order valence-electron chi connectivity index (χ0n) is 11.4. The summed E-state index contributed by atoms with van der Waals surface area (Å²) in [4.78, 5) is 12.1. The summed E-state index contributed by atoms with van der Waals surface area (Å²) in [6, 6.07) is 1.62. The Hall–Kier alpha value is -2.64. The van der Waals surface area contributed by atoms with Gasteiger partial charge < -0.3 is 4.52 Å². The topological polar surface area (TPSA) is 94.5 Å². The maximum absolute atomic E-state index is 12.1. The van der Waals surface area contributed by atoms with Crippen LogP contribution in [0.25, 0.3) is 5.69 Å². The predicted molar refractivity (Wildman–Crippen MR) is 69.8 cm³/mol. The van der Waals surface area contributed by atoms with Crippen LogP contribution < -0.4 is 5.69 Å². The van der Waals surface area contributed by atoms with E-state index in [4.69, 9.17) is 4.52 Å². The van der Waals surface area contributed by atoms with Crippen molar-refractivity contribution in [3.05, 3.63) is 46.2 Å². The summed E-state index contributed by atoms with van der Waals surface area (Å²) in [5.41, 5.74) is 0.936. The first-order valence-corrected chi connectivity index (χ1v) is 6.19. The maximum Gasteiger partial charge on any atom is 0.348 e. The Labute approximate surface area is 114 Å². The number of aromatic amines is 1. The van der Waals surface area contributed by atoms with Crippen LogP contribution in [0.1, 0.15) is 30.2 Å². The third-order valence-electron chi connectivity index (χ3n) is 3.21. The number of hydrogen-bond donors (Lipinski definition) is 1. The summed E-state index contributed by atoms with van der Waals surface area (Å²) in [7, 11) is 0. The third-order valence-corrected chi connectivity index (χ3v) is 3.21. The van der Waals surface area contributed by atoms with E-state index in [0.29, 0.717) is 23.0 Å². The smallest absolute Gasteiger partial charge is 0.348 e. The molecule has 0 fully saturated rings. The van der Waals surface area contributed by atoms with Crippen LogP contribution in [0.2, 0.25) is 0 Å². The largest absolute Gasteiger partial charge is 0.359 e. The van der Waals surface area contributed by atoms with E-state index < -0.39 is 0 Å². The molecule has 1 unspecified atom stereocenters. The molecule has 1 N–H and O–H groups in total. The lowest BCUT2D eigenvalue weighted by molar-refractivity contribution is 0.392. The second-order valence-electron chi connectivity index (χ2n) is 4.56. The Balaban J connectivity index is 2.18. The highest BCUT2D eigenvalue weighted by Crippen LogP contribution is 2.21. The number of aromatic nitrogens is 6. The van der Waals surface area contributed by atoms with E-state index in [-0.39, 0.29) is 11.7 Å². The van der Waals surface area contributed by atoms with E-state index in [1.165, 1.54) is 4.57 Å². The van der Waals surface area contributed by atoms with Crippen LogP contribution in [-0.2, 0) is 0 Å². The van der Waals surface area contributed by atoms with Gasteiger partial charge in [0.15, 0.2) is 11.6 Å². The first-order chi connectivity index (χ1) is 9.59. The van der Waals surface area contributed by atoms with Crippen molar-refractivity contribution in [2.24, 2.45) is 0 Å². The van der Waals surface area contributed by atoms with Gasteiger partial charge >= 0.3 is 5.69 Å². The molecule has 0 radical (unpaired) electrons. The van der Waals surface area contributed by atoms with Crippen molar-refractivity contribution in [3.8, 4) is 5.69 Å². The second kappa shape index (κ2) is 4.48. The molecule has 8 nitrogen and oxygen atoms in total. The van der Waals surface area contributed by atoms with Crippen LogP contribution in [0.3, 0.4) is 0 Å². The van der Waals surface area contributed by atoms with Gasteiger partial charge in [0.05, 0.1) is 0 Å². The molecule has 104 valence electrons. The quantitative estimate of drug-likeness (QED) is 0.768. The molecule has 1 atom stereocenters. The van der Waals surface area contributed by atoms with Crippen molar-refractivity contribution >= 4 is 0 Å². The molecule has 0 spiro atoms. The lowest BCUT2D eigenvalue weighted by atomic mass is 10.2. The summed E-state index contributed by atoms with van der Waals surface area (Å²) in [5, 5.41) is 14.6. The van der Waals surface area contributed by atoms with Crippen molar-refractivity contribution in [2.75, 3.05) is 0 Å². The van der Waals surface area contributed by atoms with Crippen LogP contribution in [0, 0.1) is 13.8 Å². The van der Waals surface area contributed by atoms with Crippen LogP contribution in [0.4, 0.5) is 0 Å². The molecule has 0 saturated heterocycles. The molecule has 20 heavy (non-hydrogen) atoms. The molecule has 0 aliphatic carbocycles. The lowest BCUT2D eigenvalue weighted by Gasteiger charge is -2.12. The Morgan fingerprint density at radius 2 is 2.20 bits per heavy atom. The van der Waals surface area contributed by atoms with E-state index in [2.05, 4.69) is 20.5 Å². The summed E-state index contributed by atoms with van der Waals surface area (Å²) in [5.74, 6) is 1.12.